The van der Waals surface area contributed by atoms with Gasteiger partial charge in [-0.15, -0.1) is 0 Å². The molecule has 0 bridgehead atoms. The Balaban J connectivity index is 1.23. The van der Waals surface area contributed by atoms with Crippen LogP contribution < -0.4 is 10.2 Å². The van der Waals surface area contributed by atoms with Gasteiger partial charge in [-0.1, -0.05) is 13.0 Å². The standard InChI is InChI=1S/C25H25FN10O/c1-15(18-4-5-23(28-9-18)36-11-19(26)10-29-36)6-20(37)25(12-27)13-35(14-25)24-30-16(2)7-21(32-24)31-22-8-17(3)33-34-22/h4-5,7-11,15H,6,13-14H2,1-3H3,(H2,30,31,32,33,34)/t15-/m1/s1. The number of rotatable bonds is 8. The lowest BCUT2D eigenvalue weighted by Crippen LogP contribution is -2.60. The smallest absolute Gasteiger partial charge is 0.227 e. The minimum absolute atomic E-state index is 0.130. The molecule has 12 heteroatoms. The van der Waals surface area contributed by atoms with Gasteiger partial charge >= 0.3 is 0 Å². The van der Waals surface area contributed by atoms with Crippen LogP contribution in [0.4, 0.5) is 22.0 Å². The Bertz CT molecular complexity index is 1480. The molecule has 37 heavy (non-hydrogen) atoms. The van der Waals surface area contributed by atoms with Crippen molar-refractivity contribution in [3.63, 3.8) is 0 Å². The van der Waals surface area contributed by atoms with Gasteiger partial charge in [0.25, 0.3) is 0 Å². The summed E-state index contributed by atoms with van der Waals surface area (Å²) in [5.41, 5.74) is 1.40. The summed E-state index contributed by atoms with van der Waals surface area (Å²) in [4.78, 5) is 28.4. The van der Waals surface area contributed by atoms with Crippen molar-refractivity contribution < 1.29 is 9.18 Å². The van der Waals surface area contributed by atoms with Crippen LogP contribution >= 0.6 is 0 Å². The van der Waals surface area contributed by atoms with Crippen LogP contribution in [0.25, 0.3) is 5.82 Å². The minimum atomic E-state index is -1.12. The molecule has 188 valence electrons. The molecule has 0 amide bonds. The van der Waals surface area contributed by atoms with E-state index in [1.807, 2.05) is 37.8 Å². The van der Waals surface area contributed by atoms with Crippen molar-refractivity contribution >= 4 is 23.4 Å². The second kappa shape index (κ2) is 9.42. The number of nitriles is 1. The molecule has 5 rings (SSSR count). The van der Waals surface area contributed by atoms with E-state index in [1.54, 1.807) is 18.3 Å². The number of halogens is 1. The largest absolute Gasteiger partial charge is 0.336 e. The van der Waals surface area contributed by atoms with Gasteiger partial charge in [0.1, 0.15) is 5.82 Å². The van der Waals surface area contributed by atoms with E-state index in [0.717, 1.165) is 23.1 Å². The fourth-order valence-electron chi connectivity index (χ4n) is 4.27. The van der Waals surface area contributed by atoms with E-state index in [-0.39, 0.29) is 31.2 Å². The first-order valence-electron chi connectivity index (χ1n) is 11.8. The van der Waals surface area contributed by atoms with Crippen LogP contribution in [0, 0.1) is 36.4 Å². The summed E-state index contributed by atoms with van der Waals surface area (Å²) < 4.78 is 14.6. The van der Waals surface area contributed by atoms with E-state index in [0.29, 0.717) is 23.4 Å². The molecular weight excluding hydrogens is 475 g/mol. The first kappa shape index (κ1) is 24.1. The quantitative estimate of drug-likeness (QED) is 0.372. The molecule has 1 saturated heterocycles. The molecule has 0 saturated carbocycles. The van der Waals surface area contributed by atoms with Crippen molar-refractivity contribution in [3.05, 3.63) is 65.6 Å². The van der Waals surface area contributed by atoms with E-state index in [9.17, 15) is 14.4 Å². The molecule has 4 aromatic heterocycles. The Morgan fingerprint density at radius 2 is 2.05 bits per heavy atom. The number of nitrogens with one attached hydrogen (secondary N) is 2. The molecular formula is C25H25FN10O. The first-order chi connectivity index (χ1) is 17.7. The van der Waals surface area contributed by atoms with Crippen LogP contribution in [-0.4, -0.2) is 53.8 Å². The van der Waals surface area contributed by atoms with E-state index >= 15 is 0 Å². The maximum Gasteiger partial charge on any atom is 0.227 e. The van der Waals surface area contributed by atoms with Crippen molar-refractivity contribution in [2.45, 2.75) is 33.1 Å². The van der Waals surface area contributed by atoms with E-state index in [4.69, 9.17) is 0 Å². The van der Waals surface area contributed by atoms with Gasteiger partial charge in [0.2, 0.25) is 5.95 Å². The second-order valence-corrected chi connectivity index (χ2v) is 9.39. The summed E-state index contributed by atoms with van der Waals surface area (Å²) in [5.74, 6) is 1.43. The Morgan fingerprint density at radius 3 is 2.68 bits per heavy atom. The summed E-state index contributed by atoms with van der Waals surface area (Å²) >= 11 is 0. The molecule has 0 aromatic carbocycles. The fraction of sp³-hybridized carbons (Fsp3) is 0.320. The monoisotopic (exact) mass is 500 g/mol. The molecule has 5 heterocycles. The molecule has 0 aliphatic carbocycles. The lowest BCUT2D eigenvalue weighted by molar-refractivity contribution is -0.127. The van der Waals surface area contributed by atoms with Crippen LogP contribution in [-0.2, 0) is 4.79 Å². The average molecular weight is 501 g/mol. The van der Waals surface area contributed by atoms with Crippen LogP contribution in [0.1, 0.15) is 36.2 Å². The molecule has 0 spiro atoms. The zero-order valence-electron chi connectivity index (χ0n) is 20.6. The Labute approximate surface area is 212 Å². The number of aromatic nitrogens is 7. The summed E-state index contributed by atoms with van der Waals surface area (Å²) in [7, 11) is 0. The third-order valence-electron chi connectivity index (χ3n) is 6.37. The minimum Gasteiger partial charge on any atom is -0.336 e. The number of H-pyrrole nitrogens is 1. The van der Waals surface area contributed by atoms with Crippen molar-refractivity contribution in [1.29, 1.82) is 5.26 Å². The van der Waals surface area contributed by atoms with Gasteiger partial charge in [-0.25, -0.2) is 19.0 Å². The third-order valence-corrected chi connectivity index (χ3v) is 6.37. The summed E-state index contributed by atoms with van der Waals surface area (Å²) in [6.45, 7) is 6.13. The SMILES string of the molecule is Cc1cc(Nc2cc(C)[nH]n2)nc(N2CC(C#N)(C(=O)C[C@@H](C)c3ccc(-n4cc(F)cn4)nc3)C2)n1. The molecule has 4 aromatic rings. The number of hydrogen-bond donors (Lipinski definition) is 2. The predicted octanol–water partition coefficient (Wildman–Crippen LogP) is 3.37. The highest BCUT2D eigenvalue weighted by atomic mass is 19.1. The second-order valence-electron chi connectivity index (χ2n) is 9.39. The third kappa shape index (κ3) is 4.88. The van der Waals surface area contributed by atoms with Crippen molar-refractivity contribution in [1.82, 2.24) is 34.9 Å². The normalized spacial score (nSPS) is 15.1. The van der Waals surface area contributed by atoms with E-state index < -0.39 is 11.2 Å². The predicted molar refractivity (Wildman–Crippen MR) is 133 cm³/mol. The summed E-state index contributed by atoms with van der Waals surface area (Å²) in [5, 5.41) is 24.0. The number of aryl methyl sites for hydroxylation is 2. The molecule has 1 aliphatic rings. The Kier molecular flexibility index (Phi) is 6.12. The van der Waals surface area contributed by atoms with Crippen LogP contribution in [0.15, 0.2) is 42.9 Å². The van der Waals surface area contributed by atoms with Gasteiger partial charge in [0, 0.05) is 49.2 Å². The zero-order chi connectivity index (χ0) is 26.2. The number of anilines is 3. The maximum absolute atomic E-state index is 13.2. The highest BCUT2D eigenvalue weighted by Crippen LogP contribution is 2.37. The first-order valence-corrected chi connectivity index (χ1v) is 11.8. The molecule has 1 atom stereocenters. The summed E-state index contributed by atoms with van der Waals surface area (Å²) in [6, 6.07) is 9.46. The van der Waals surface area contributed by atoms with Gasteiger partial charge in [0.05, 0.1) is 18.5 Å². The highest BCUT2D eigenvalue weighted by molar-refractivity contribution is 5.91. The lowest BCUT2D eigenvalue weighted by atomic mass is 9.74. The summed E-state index contributed by atoms with van der Waals surface area (Å²) in [6.07, 6.45) is 4.19. The number of pyridine rings is 1. The maximum atomic E-state index is 13.2. The van der Waals surface area contributed by atoms with Gasteiger partial charge in [-0.2, -0.15) is 20.4 Å². The topological polar surface area (TPSA) is 141 Å². The van der Waals surface area contributed by atoms with E-state index in [2.05, 4.69) is 41.6 Å². The van der Waals surface area contributed by atoms with Gasteiger partial charge in [0.15, 0.2) is 28.7 Å². The van der Waals surface area contributed by atoms with Crippen molar-refractivity contribution in [3.8, 4) is 11.9 Å². The van der Waals surface area contributed by atoms with Crippen LogP contribution in [0.2, 0.25) is 0 Å². The van der Waals surface area contributed by atoms with Crippen LogP contribution in [0.3, 0.4) is 0 Å². The number of nitrogens with zero attached hydrogens (tertiary/aromatic N) is 8. The zero-order valence-corrected chi connectivity index (χ0v) is 20.6. The fourth-order valence-corrected chi connectivity index (χ4v) is 4.27. The Morgan fingerprint density at radius 1 is 1.24 bits per heavy atom. The highest BCUT2D eigenvalue weighted by Gasteiger charge is 2.50. The Hall–Kier alpha value is -4.66. The van der Waals surface area contributed by atoms with Crippen molar-refractivity contribution in [2.24, 2.45) is 5.41 Å². The lowest BCUT2D eigenvalue weighted by Gasteiger charge is -2.44. The molecule has 1 fully saturated rings. The van der Waals surface area contributed by atoms with Gasteiger partial charge in [-0.05, 0) is 31.4 Å². The molecule has 11 nitrogen and oxygen atoms in total. The number of aromatic amines is 1. The van der Waals surface area contributed by atoms with Crippen LogP contribution in [0.5, 0.6) is 0 Å². The average Bonchev–Trinajstić information content (AvgIpc) is 3.46. The van der Waals surface area contributed by atoms with E-state index in [1.165, 1.54) is 10.9 Å². The molecule has 2 N–H and O–H groups in total. The van der Waals surface area contributed by atoms with Gasteiger partial charge in [-0.3, -0.25) is 9.89 Å². The van der Waals surface area contributed by atoms with Gasteiger partial charge < -0.3 is 10.2 Å². The number of ketones is 1. The number of Topliss-reactive ketones (excluding diaryl/α,β-unsaturated/α-hetero) is 1. The molecule has 1 aliphatic heterocycles. The number of carbonyl (C=O) groups is 1. The molecule has 0 radical (unpaired) electrons. The number of hydrogen-bond acceptors (Lipinski definition) is 9. The molecule has 0 unspecified atom stereocenters. The number of carbonyl (C=O) groups excluding carboxylic acids is 1. The van der Waals surface area contributed by atoms with Crippen molar-refractivity contribution in [2.75, 3.05) is 23.3 Å².